The minimum atomic E-state index is -0.118. The highest BCUT2D eigenvalue weighted by Crippen LogP contribution is 2.39. The number of ether oxygens (including phenoxy) is 1. The maximum Gasteiger partial charge on any atom is 0.127 e. The highest BCUT2D eigenvalue weighted by Gasteiger charge is 2.33. The van der Waals surface area contributed by atoms with Crippen LogP contribution < -0.4 is 0 Å². The molecule has 1 aliphatic rings. The molecule has 0 spiro atoms. The van der Waals surface area contributed by atoms with Crippen molar-refractivity contribution in [3.05, 3.63) is 29.0 Å². The van der Waals surface area contributed by atoms with Gasteiger partial charge in [0.25, 0.3) is 0 Å². The van der Waals surface area contributed by atoms with Crippen molar-refractivity contribution in [2.45, 2.75) is 37.3 Å². The molecule has 5 heteroatoms. The summed E-state index contributed by atoms with van der Waals surface area (Å²) >= 11 is 12.3. The molecule has 1 atom stereocenters. The lowest BCUT2D eigenvalue weighted by Crippen LogP contribution is -2.33. The third kappa shape index (κ3) is 2.24. The Morgan fingerprint density at radius 3 is 2.79 bits per heavy atom. The Kier molecular flexibility index (Phi) is 3.46. The first kappa shape index (κ1) is 13.2. The van der Waals surface area contributed by atoms with E-state index in [0.29, 0.717) is 17.2 Å². The van der Waals surface area contributed by atoms with Crippen molar-refractivity contribution in [2.24, 2.45) is 0 Å². The molecule has 0 saturated heterocycles. The minimum Gasteiger partial charge on any atom is -0.381 e. The number of benzene rings is 1. The highest BCUT2D eigenvalue weighted by molar-refractivity contribution is 6.31. The van der Waals surface area contributed by atoms with Gasteiger partial charge in [-0.25, -0.2) is 4.98 Å². The Labute approximate surface area is 122 Å². The van der Waals surface area contributed by atoms with Gasteiger partial charge >= 0.3 is 0 Å². The van der Waals surface area contributed by atoms with E-state index in [1.807, 2.05) is 25.1 Å². The molecule has 19 heavy (non-hydrogen) atoms. The summed E-state index contributed by atoms with van der Waals surface area (Å²) < 4.78 is 7.61. The average molecular weight is 299 g/mol. The Balaban J connectivity index is 2.07. The SMILES string of the molecule is COC1CC(n2c(C(C)Cl)nc3cc(Cl)ccc32)C1. The first-order valence-electron chi connectivity index (χ1n) is 6.44. The van der Waals surface area contributed by atoms with Crippen molar-refractivity contribution in [3.8, 4) is 0 Å². The molecule has 3 rings (SSSR count). The summed E-state index contributed by atoms with van der Waals surface area (Å²) in [6.07, 6.45) is 2.38. The molecule has 0 radical (unpaired) electrons. The fraction of sp³-hybridized carbons (Fsp3) is 0.500. The van der Waals surface area contributed by atoms with Crippen molar-refractivity contribution in [3.63, 3.8) is 0 Å². The number of nitrogens with zero attached hydrogens (tertiary/aromatic N) is 2. The van der Waals surface area contributed by atoms with E-state index in [-0.39, 0.29) is 5.38 Å². The molecule has 0 N–H and O–H groups in total. The second-order valence-electron chi connectivity index (χ2n) is 5.07. The first-order valence-corrected chi connectivity index (χ1v) is 7.26. The van der Waals surface area contributed by atoms with E-state index < -0.39 is 0 Å². The molecule has 1 saturated carbocycles. The topological polar surface area (TPSA) is 27.1 Å². The van der Waals surface area contributed by atoms with Gasteiger partial charge in [-0.2, -0.15) is 0 Å². The number of methoxy groups -OCH3 is 1. The van der Waals surface area contributed by atoms with Crippen LogP contribution in [0.3, 0.4) is 0 Å². The molecule has 2 aromatic rings. The summed E-state index contributed by atoms with van der Waals surface area (Å²) in [7, 11) is 1.76. The van der Waals surface area contributed by atoms with E-state index >= 15 is 0 Å². The summed E-state index contributed by atoms with van der Waals surface area (Å²) in [4.78, 5) is 4.63. The van der Waals surface area contributed by atoms with Gasteiger partial charge in [0.2, 0.25) is 0 Å². The second kappa shape index (κ2) is 4.97. The Morgan fingerprint density at radius 1 is 1.42 bits per heavy atom. The molecule has 1 fully saturated rings. The van der Waals surface area contributed by atoms with E-state index in [4.69, 9.17) is 27.9 Å². The summed E-state index contributed by atoms with van der Waals surface area (Å²) in [6, 6.07) is 6.24. The van der Waals surface area contributed by atoms with Gasteiger partial charge in [-0.3, -0.25) is 0 Å². The molecule has 1 aromatic heterocycles. The van der Waals surface area contributed by atoms with Gasteiger partial charge in [0, 0.05) is 18.2 Å². The molecule has 0 bridgehead atoms. The average Bonchev–Trinajstić information content (AvgIpc) is 2.66. The summed E-state index contributed by atoms with van der Waals surface area (Å²) in [5.74, 6) is 0.915. The highest BCUT2D eigenvalue weighted by atomic mass is 35.5. The smallest absolute Gasteiger partial charge is 0.127 e. The third-order valence-corrected chi connectivity index (χ3v) is 4.23. The molecule has 1 unspecified atom stereocenters. The molecule has 1 aliphatic carbocycles. The lowest BCUT2D eigenvalue weighted by atomic mass is 9.88. The van der Waals surface area contributed by atoms with Crippen LogP contribution in [0.2, 0.25) is 5.02 Å². The molecule has 1 aromatic carbocycles. The van der Waals surface area contributed by atoms with Gasteiger partial charge in [-0.15, -0.1) is 11.6 Å². The van der Waals surface area contributed by atoms with Gasteiger partial charge in [0.05, 0.1) is 22.5 Å². The van der Waals surface area contributed by atoms with Crippen LogP contribution >= 0.6 is 23.2 Å². The van der Waals surface area contributed by atoms with Crippen molar-refractivity contribution in [1.82, 2.24) is 9.55 Å². The van der Waals surface area contributed by atoms with E-state index in [0.717, 1.165) is 29.7 Å². The van der Waals surface area contributed by atoms with Crippen LogP contribution in [-0.2, 0) is 4.74 Å². The summed E-state index contributed by atoms with van der Waals surface area (Å²) in [5.41, 5.74) is 2.02. The number of hydrogen-bond acceptors (Lipinski definition) is 2. The lowest BCUT2D eigenvalue weighted by Gasteiger charge is -2.36. The quantitative estimate of drug-likeness (QED) is 0.788. The van der Waals surface area contributed by atoms with E-state index in [2.05, 4.69) is 9.55 Å². The number of imidazole rings is 1. The zero-order chi connectivity index (χ0) is 13.6. The molecular formula is C14H16Cl2N2O. The van der Waals surface area contributed by atoms with Crippen LogP contribution in [0.15, 0.2) is 18.2 Å². The van der Waals surface area contributed by atoms with Crippen molar-refractivity contribution in [2.75, 3.05) is 7.11 Å². The van der Waals surface area contributed by atoms with Gasteiger partial charge in [-0.1, -0.05) is 11.6 Å². The Bertz CT molecular complexity index is 603. The molecule has 3 nitrogen and oxygen atoms in total. The predicted molar refractivity (Wildman–Crippen MR) is 78.1 cm³/mol. The fourth-order valence-electron chi connectivity index (χ4n) is 2.70. The second-order valence-corrected chi connectivity index (χ2v) is 6.16. The van der Waals surface area contributed by atoms with Gasteiger partial charge in [0.15, 0.2) is 0 Å². The molecule has 0 amide bonds. The van der Waals surface area contributed by atoms with E-state index in [1.54, 1.807) is 7.11 Å². The normalized spacial score (nSPS) is 24.4. The van der Waals surface area contributed by atoms with Gasteiger partial charge < -0.3 is 9.30 Å². The lowest BCUT2D eigenvalue weighted by molar-refractivity contribution is 0.00658. The summed E-state index contributed by atoms with van der Waals surface area (Å²) in [6.45, 7) is 1.95. The number of halogens is 2. The number of fused-ring (bicyclic) bond motifs is 1. The van der Waals surface area contributed by atoms with E-state index in [1.165, 1.54) is 0 Å². The molecular weight excluding hydrogens is 283 g/mol. The zero-order valence-electron chi connectivity index (χ0n) is 10.9. The monoisotopic (exact) mass is 298 g/mol. The number of aromatic nitrogens is 2. The fourth-order valence-corrected chi connectivity index (χ4v) is 3.02. The third-order valence-electron chi connectivity index (χ3n) is 3.80. The van der Waals surface area contributed by atoms with Crippen LogP contribution in [0.1, 0.15) is 37.0 Å². The van der Waals surface area contributed by atoms with Crippen molar-refractivity contribution >= 4 is 34.2 Å². The van der Waals surface area contributed by atoms with Crippen molar-refractivity contribution < 1.29 is 4.74 Å². The van der Waals surface area contributed by atoms with E-state index in [9.17, 15) is 0 Å². The zero-order valence-corrected chi connectivity index (χ0v) is 12.4. The van der Waals surface area contributed by atoms with Gasteiger partial charge in [0.1, 0.15) is 5.82 Å². The van der Waals surface area contributed by atoms with Crippen molar-refractivity contribution in [1.29, 1.82) is 0 Å². The van der Waals surface area contributed by atoms with Crippen LogP contribution in [0.5, 0.6) is 0 Å². The maximum absolute atomic E-state index is 6.27. The molecule has 102 valence electrons. The Hall–Kier alpha value is -0.770. The van der Waals surface area contributed by atoms with Crippen LogP contribution in [0.4, 0.5) is 0 Å². The van der Waals surface area contributed by atoms with Crippen LogP contribution in [0.25, 0.3) is 11.0 Å². The maximum atomic E-state index is 6.27. The first-order chi connectivity index (χ1) is 9.10. The minimum absolute atomic E-state index is 0.118. The van der Waals surface area contributed by atoms with Crippen LogP contribution in [0, 0.1) is 0 Å². The Morgan fingerprint density at radius 2 is 2.16 bits per heavy atom. The molecule has 0 aliphatic heterocycles. The van der Waals surface area contributed by atoms with Crippen LogP contribution in [-0.4, -0.2) is 22.8 Å². The number of rotatable bonds is 3. The standard InChI is InChI=1S/C14H16Cl2N2O/c1-8(15)14-17-12-5-9(16)3-4-13(12)18(14)10-6-11(7-10)19-2/h3-5,8,10-11H,6-7H2,1-2H3. The predicted octanol–water partition coefficient (Wildman–Crippen LogP) is 4.34. The number of alkyl halides is 1. The molecule has 1 heterocycles. The summed E-state index contributed by atoms with van der Waals surface area (Å²) in [5, 5.41) is 0.585. The van der Waals surface area contributed by atoms with Gasteiger partial charge in [-0.05, 0) is 38.0 Å². The number of hydrogen-bond donors (Lipinski definition) is 0. The largest absolute Gasteiger partial charge is 0.381 e.